The van der Waals surface area contributed by atoms with E-state index in [1.54, 1.807) is 0 Å². The van der Waals surface area contributed by atoms with Gasteiger partial charge in [0.1, 0.15) is 0 Å². The van der Waals surface area contributed by atoms with E-state index in [-0.39, 0.29) is 5.41 Å². The van der Waals surface area contributed by atoms with Crippen LogP contribution in [-0.2, 0) is 5.41 Å². The van der Waals surface area contributed by atoms with Gasteiger partial charge in [0.2, 0.25) is 0 Å². The molecule has 0 bridgehead atoms. The van der Waals surface area contributed by atoms with Crippen molar-refractivity contribution in [2.75, 3.05) is 0 Å². The molecular formula is C30H21NS. The number of thiophene rings is 1. The van der Waals surface area contributed by atoms with Crippen molar-refractivity contribution in [3.8, 4) is 22.4 Å². The smallest absolute Gasteiger partial charge is 0.0763 e. The molecule has 2 aromatic heterocycles. The van der Waals surface area contributed by atoms with Gasteiger partial charge >= 0.3 is 0 Å². The predicted molar refractivity (Wildman–Crippen MR) is 138 cm³/mol. The number of rotatable bonds is 1. The Morgan fingerprint density at radius 2 is 1.38 bits per heavy atom. The summed E-state index contributed by atoms with van der Waals surface area (Å²) in [6.45, 7) is 4.72. The van der Waals surface area contributed by atoms with Gasteiger partial charge in [0.15, 0.2) is 0 Å². The van der Waals surface area contributed by atoms with Gasteiger partial charge in [0.25, 0.3) is 0 Å². The van der Waals surface area contributed by atoms with Crippen molar-refractivity contribution in [3.05, 3.63) is 102 Å². The topological polar surface area (TPSA) is 12.9 Å². The van der Waals surface area contributed by atoms with Crippen molar-refractivity contribution < 1.29 is 0 Å². The minimum absolute atomic E-state index is 0.131. The second kappa shape index (κ2) is 6.27. The molecule has 2 heteroatoms. The lowest BCUT2D eigenvalue weighted by molar-refractivity contribution is 0.665. The lowest BCUT2D eigenvalue weighted by Gasteiger charge is -2.25. The first-order chi connectivity index (χ1) is 15.6. The minimum atomic E-state index is -0.131. The zero-order valence-corrected chi connectivity index (χ0v) is 18.8. The molecule has 0 saturated heterocycles. The van der Waals surface area contributed by atoms with E-state index in [0.29, 0.717) is 0 Å². The maximum atomic E-state index is 5.01. The van der Waals surface area contributed by atoms with Crippen LogP contribution in [0.5, 0.6) is 0 Å². The van der Waals surface area contributed by atoms with Gasteiger partial charge < -0.3 is 0 Å². The third-order valence-electron chi connectivity index (χ3n) is 7.08. The molecular weight excluding hydrogens is 406 g/mol. The first-order valence-electron chi connectivity index (χ1n) is 11.1. The molecule has 0 atom stereocenters. The number of pyridine rings is 1. The normalized spacial score (nSPS) is 14.2. The molecule has 0 aliphatic heterocycles. The van der Waals surface area contributed by atoms with Crippen molar-refractivity contribution in [1.29, 1.82) is 0 Å². The molecule has 0 radical (unpaired) electrons. The molecule has 7 rings (SSSR count). The number of nitrogens with zero attached hydrogens (tertiary/aromatic N) is 1. The van der Waals surface area contributed by atoms with Crippen LogP contribution in [0, 0.1) is 0 Å². The number of hydrogen-bond acceptors (Lipinski definition) is 2. The highest BCUT2D eigenvalue weighted by Gasteiger charge is 2.39. The Bertz CT molecular complexity index is 1700. The molecule has 1 aliphatic rings. The maximum absolute atomic E-state index is 5.01. The third kappa shape index (κ3) is 2.25. The van der Waals surface area contributed by atoms with Crippen LogP contribution in [0.3, 0.4) is 0 Å². The highest BCUT2D eigenvalue weighted by atomic mass is 32.1. The van der Waals surface area contributed by atoms with Crippen LogP contribution in [0.25, 0.3) is 53.3 Å². The van der Waals surface area contributed by atoms with Crippen LogP contribution in [-0.4, -0.2) is 4.98 Å². The van der Waals surface area contributed by atoms with Crippen LogP contribution in [0.1, 0.15) is 25.0 Å². The molecule has 1 nitrogen and oxygen atoms in total. The van der Waals surface area contributed by atoms with E-state index in [1.807, 2.05) is 17.5 Å². The van der Waals surface area contributed by atoms with Gasteiger partial charge in [-0.2, -0.15) is 0 Å². The molecule has 2 heterocycles. The van der Waals surface area contributed by atoms with Gasteiger partial charge in [-0.3, -0.25) is 4.98 Å². The van der Waals surface area contributed by atoms with Crippen molar-refractivity contribution in [1.82, 2.24) is 4.98 Å². The Balaban J connectivity index is 1.57. The first-order valence-corrected chi connectivity index (χ1v) is 11.9. The zero-order chi connectivity index (χ0) is 21.4. The third-order valence-corrected chi connectivity index (χ3v) is 8.30. The molecule has 4 aromatic carbocycles. The van der Waals surface area contributed by atoms with E-state index in [1.165, 1.54) is 58.8 Å². The van der Waals surface area contributed by atoms with Gasteiger partial charge in [0, 0.05) is 37.3 Å². The van der Waals surface area contributed by atoms with Crippen LogP contribution in [0.4, 0.5) is 0 Å². The summed E-state index contributed by atoms with van der Waals surface area (Å²) in [5.41, 5.74) is 7.65. The Morgan fingerprint density at radius 3 is 2.28 bits per heavy atom. The second-order valence-corrected chi connectivity index (χ2v) is 10.2. The average molecular weight is 428 g/mol. The lowest BCUT2D eigenvalue weighted by atomic mass is 9.78. The standard InChI is InChI=1S/C30H21NS/c1-30(2)26-19-9-4-3-8-18(19)14-15-21(26)22-16-17-31-28(27(22)30)24-12-7-11-23-20-10-5-6-13-25(20)32-29(23)24/h3-17H,1-2H3. The molecule has 6 aromatic rings. The van der Waals surface area contributed by atoms with Gasteiger partial charge in [-0.1, -0.05) is 86.6 Å². The highest BCUT2D eigenvalue weighted by Crippen LogP contribution is 2.54. The van der Waals surface area contributed by atoms with Gasteiger partial charge in [0.05, 0.1) is 5.69 Å². The fourth-order valence-corrected chi connectivity index (χ4v) is 6.97. The van der Waals surface area contributed by atoms with Gasteiger partial charge in [-0.15, -0.1) is 11.3 Å². The molecule has 0 amide bonds. The lowest BCUT2D eigenvalue weighted by Crippen LogP contribution is -2.17. The van der Waals surface area contributed by atoms with Gasteiger partial charge in [-0.25, -0.2) is 0 Å². The maximum Gasteiger partial charge on any atom is 0.0763 e. The number of fused-ring (bicyclic) bond motifs is 8. The molecule has 0 fully saturated rings. The number of aromatic nitrogens is 1. The van der Waals surface area contributed by atoms with E-state index in [2.05, 4.69) is 98.8 Å². The Labute approximate surface area is 191 Å². The summed E-state index contributed by atoms with van der Waals surface area (Å²) >= 11 is 1.88. The van der Waals surface area contributed by atoms with Gasteiger partial charge in [-0.05, 0) is 45.2 Å². The molecule has 0 unspecified atom stereocenters. The largest absolute Gasteiger partial charge is 0.256 e. The zero-order valence-electron chi connectivity index (χ0n) is 18.0. The SMILES string of the molecule is CC1(C)c2c(ccnc2-c2cccc3c2sc2ccccc23)-c2ccc3ccccc3c21. The molecule has 152 valence electrons. The van der Waals surface area contributed by atoms with Crippen molar-refractivity contribution >= 4 is 42.3 Å². The summed E-state index contributed by atoms with van der Waals surface area (Å²) in [6.07, 6.45) is 1.99. The van der Waals surface area contributed by atoms with Crippen LogP contribution >= 0.6 is 11.3 Å². The van der Waals surface area contributed by atoms with E-state index in [0.717, 1.165) is 5.69 Å². The summed E-state index contributed by atoms with van der Waals surface area (Å²) < 4.78 is 2.65. The van der Waals surface area contributed by atoms with Crippen LogP contribution < -0.4 is 0 Å². The Kier molecular flexibility index (Phi) is 3.55. The van der Waals surface area contributed by atoms with Crippen LogP contribution in [0.2, 0.25) is 0 Å². The van der Waals surface area contributed by atoms with E-state index in [4.69, 9.17) is 4.98 Å². The fraction of sp³-hybridized carbons (Fsp3) is 0.100. The molecule has 0 spiro atoms. The molecule has 0 saturated carbocycles. The average Bonchev–Trinajstić information content (AvgIpc) is 3.32. The van der Waals surface area contributed by atoms with Crippen molar-refractivity contribution in [3.63, 3.8) is 0 Å². The summed E-state index contributed by atoms with van der Waals surface area (Å²) in [7, 11) is 0. The monoisotopic (exact) mass is 427 g/mol. The summed E-state index contributed by atoms with van der Waals surface area (Å²) in [6, 6.07) is 30.9. The quantitative estimate of drug-likeness (QED) is 0.256. The van der Waals surface area contributed by atoms with Crippen LogP contribution in [0.15, 0.2) is 91.1 Å². The number of hydrogen-bond donors (Lipinski definition) is 0. The summed E-state index contributed by atoms with van der Waals surface area (Å²) in [4.78, 5) is 5.01. The highest BCUT2D eigenvalue weighted by molar-refractivity contribution is 7.26. The molecule has 32 heavy (non-hydrogen) atoms. The molecule has 0 N–H and O–H groups in total. The van der Waals surface area contributed by atoms with E-state index >= 15 is 0 Å². The second-order valence-electron chi connectivity index (χ2n) is 9.20. The Morgan fingerprint density at radius 1 is 0.625 bits per heavy atom. The van der Waals surface area contributed by atoms with E-state index < -0.39 is 0 Å². The van der Waals surface area contributed by atoms with E-state index in [9.17, 15) is 0 Å². The number of benzene rings is 4. The fourth-order valence-electron chi connectivity index (χ4n) is 5.75. The predicted octanol–water partition coefficient (Wildman–Crippen LogP) is 8.58. The molecule has 1 aliphatic carbocycles. The van der Waals surface area contributed by atoms with Crippen molar-refractivity contribution in [2.24, 2.45) is 0 Å². The first kappa shape index (κ1) is 18.1. The summed E-state index contributed by atoms with van der Waals surface area (Å²) in [5, 5.41) is 5.29. The Hall–Kier alpha value is -3.49. The summed E-state index contributed by atoms with van der Waals surface area (Å²) in [5.74, 6) is 0. The van der Waals surface area contributed by atoms with Crippen molar-refractivity contribution in [2.45, 2.75) is 19.3 Å². The minimum Gasteiger partial charge on any atom is -0.256 e.